The predicted molar refractivity (Wildman–Crippen MR) is 88.2 cm³/mol. The lowest BCUT2D eigenvalue weighted by molar-refractivity contribution is -0.154. The van der Waals surface area contributed by atoms with Gasteiger partial charge in [-0.05, 0) is 33.2 Å². The van der Waals surface area contributed by atoms with Crippen molar-refractivity contribution in [3.63, 3.8) is 0 Å². The number of benzene rings is 3. The van der Waals surface area contributed by atoms with Gasteiger partial charge in [-0.2, -0.15) is 0 Å². The lowest BCUT2D eigenvalue weighted by Gasteiger charge is -2.18. The van der Waals surface area contributed by atoms with Crippen LogP contribution in [0.4, 0.5) is 0 Å². The molecule has 3 aromatic rings. The third-order valence-corrected chi connectivity index (χ3v) is 3.98. The van der Waals surface area contributed by atoms with Crippen molar-refractivity contribution in [2.24, 2.45) is 0 Å². The predicted octanol–water partition coefficient (Wildman–Crippen LogP) is 3.42. The van der Waals surface area contributed by atoms with Gasteiger partial charge in [0.05, 0.1) is 14.2 Å². The van der Waals surface area contributed by atoms with E-state index in [9.17, 15) is 9.59 Å². The van der Waals surface area contributed by atoms with Crippen molar-refractivity contribution in [2.45, 2.75) is 5.92 Å². The Kier molecular flexibility index (Phi) is 3.98. The Morgan fingerprint density at radius 2 is 1.22 bits per heavy atom. The molecule has 0 saturated heterocycles. The molecule has 23 heavy (non-hydrogen) atoms. The van der Waals surface area contributed by atoms with Crippen LogP contribution in [0.3, 0.4) is 0 Å². The average molecular weight is 308 g/mol. The van der Waals surface area contributed by atoms with Crippen molar-refractivity contribution >= 4 is 33.5 Å². The Morgan fingerprint density at radius 3 is 1.65 bits per heavy atom. The Hall–Kier alpha value is -2.88. The maximum absolute atomic E-state index is 12.3. The second kappa shape index (κ2) is 6.08. The molecule has 4 heteroatoms. The van der Waals surface area contributed by atoms with Crippen LogP contribution in [-0.2, 0) is 19.1 Å². The number of methoxy groups -OCH3 is 2. The number of carbonyl (C=O) groups excluding carboxylic acids is 2. The SMILES string of the molecule is COC(=O)C(C(=O)OC)c1c2ccccc2cc2ccccc12. The van der Waals surface area contributed by atoms with E-state index in [0.717, 1.165) is 21.5 Å². The van der Waals surface area contributed by atoms with Gasteiger partial charge in [-0.1, -0.05) is 48.5 Å². The molecule has 0 aliphatic carbocycles. The van der Waals surface area contributed by atoms with Gasteiger partial charge < -0.3 is 9.47 Å². The van der Waals surface area contributed by atoms with Gasteiger partial charge >= 0.3 is 11.9 Å². The van der Waals surface area contributed by atoms with E-state index in [1.54, 1.807) is 0 Å². The van der Waals surface area contributed by atoms with E-state index in [-0.39, 0.29) is 0 Å². The lowest BCUT2D eigenvalue weighted by Crippen LogP contribution is -2.25. The van der Waals surface area contributed by atoms with Crippen LogP contribution in [-0.4, -0.2) is 26.2 Å². The van der Waals surface area contributed by atoms with Crippen LogP contribution in [0.15, 0.2) is 54.6 Å². The zero-order valence-electron chi connectivity index (χ0n) is 12.9. The van der Waals surface area contributed by atoms with Gasteiger partial charge in [0.25, 0.3) is 0 Å². The van der Waals surface area contributed by atoms with E-state index in [0.29, 0.717) is 5.56 Å². The number of hydrogen-bond donors (Lipinski definition) is 0. The second-order valence-corrected chi connectivity index (χ2v) is 5.21. The third-order valence-electron chi connectivity index (χ3n) is 3.98. The molecular weight excluding hydrogens is 292 g/mol. The fourth-order valence-corrected chi connectivity index (χ4v) is 2.93. The van der Waals surface area contributed by atoms with Crippen LogP contribution in [0.2, 0.25) is 0 Å². The van der Waals surface area contributed by atoms with E-state index in [1.807, 2.05) is 54.6 Å². The van der Waals surface area contributed by atoms with Crippen molar-refractivity contribution in [1.29, 1.82) is 0 Å². The smallest absolute Gasteiger partial charge is 0.324 e. The van der Waals surface area contributed by atoms with Crippen molar-refractivity contribution in [3.05, 3.63) is 60.2 Å². The molecule has 3 aromatic carbocycles. The van der Waals surface area contributed by atoms with Gasteiger partial charge in [-0.25, -0.2) is 0 Å². The van der Waals surface area contributed by atoms with Gasteiger partial charge in [0, 0.05) is 0 Å². The van der Waals surface area contributed by atoms with Crippen LogP contribution < -0.4 is 0 Å². The Balaban J connectivity index is 2.43. The highest BCUT2D eigenvalue weighted by atomic mass is 16.5. The first-order valence-corrected chi connectivity index (χ1v) is 7.23. The largest absolute Gasteiger partial charge is 0.468 e. The zero-order chi connectivity index (χ0) is 16.4. The molecule has 116 valence electrons. The van der Waals surface area contributed by atoms with E-state index >= 15 is 0 Å². The Morgan fingerprint density at radius 1 is 0.783 bits per heavy atom. The summed E-state index contributed by atoms with van der Waals surface area (Å²) >= 11 is 0. The standard InChI is InChI=1S/C19H16O4/c1-22-18(20)17(19(21)23-2)16-14-9-5-3-7-12(14)11-13-8-4-6-10-15(13)16/h3-11,17H,1-2H3. The normalized spacial score (nSPS) is 10.9. The second-order valence-electron chi connectivity index (χ2n) is 5.21. The maximum Gasteiger partial charge on any atom is 0.324 e. The monoisotopic (exact) mass is 308 g/mol. The summed E-state index contributed by atoms with van der Waals surface area (Å²) in [5.41, 5.74) is 0.623. The number of ether oxygens (including phenoxy) is 2. The van der Waals surface area contributed by atoms with Crippen molar-refractivity contribution in [2.75, 3.05) is 14.2 Å². The minimum atomic E-state index is -1.11. The summed E-state index contributed by atoms with van der Waals surface area (Å²) in [5.74, 6) is -2.36. The number of fused-ring (bicyclic) bond motifs is 2. The summed E-state index contributed by atoms with van der Waals surface area (Å²) in [5, 5.41) is 3.59. The van der Waals surface area contributed by atoms with Crippen molar-refractivity contribution < 1.29 is 19.1 Å². The number of esters is 2. The minimum absolute atomic E-state index is 0.623. The summed E-state index contributed by atoms with van der Waals surface area (Å²) in [4.78, 5) is 24.6. The highest BCUT2D eigenvalue weighted by Gasteiger charge is 2.33. The number of rotatable bonds is 3. The molecule has 0 aliphatic heterocycles. The molecule has 0 fully saturated rings. The molecule has 4 nitrogen and oxygen atoms in total. The molecule has 3 rings (SSSR count). The van der Waals surface area contributed by atoms with Gasteiger partial charge in [0.2, 0.25) is 0 Å². The van der Waals surface area contributed by atoms with Crippen LogP contribution >= 0.6 is 0 Å². The highest BCUT2D eigenvalue weighted by Crippen LogP contribution is 2.35. The van der Waals surface area contributed by atoms with Gasteiger partial charge in [-0.3, -0.25) is 9.59 Å². The number of hydrogen-bond acceptors (Lipinski definition) is 4. The quantitative estimate of drug-likeness (QED) is 0.422. The molecular formula is C19H16O4. The summed E-state index contributed by atoms with van der Waals surface area (Å²) in [6.45, 7) is 0. The summed E-state index contributed by atoms with van der Waals surface area (Å²) in [6.07, 6.45) is 0. The molecule has 0 atom stereocenters. The summed E-state index contributed by atoms with van der Waals surface area (Å²) in [6, 6.07) is 17.4. The molecule has 0 aromatic heterocycles. The van der Waals surface area contributed by atoms with Crippen LogP contribution in [0.5, 0.6) is 0 Å². The van der Waals surface area contributed by atoms with E-state index in [1.165, 1.54) is 14.2 Å². The first-order chi connectivity index (χ1) is 11.2. The molecule has 0 unspecified atom stereocenters. The molecule has 0 saturated carbocycles. The Labute approximate surface area is 133 Å². The molecule has 0 spiro atoms. The van der Waals surface area contributed by atoms with Gasteiger partial charge in [0.1, 0.15) is 0 Å². The molecule has 0 N–H and O–H groups in total. The van der Waals surface area contributed by atoms with E-state index < -0.39 is 17.9 Å². The van der Waals surface area contributed by atoms with E-state index in [4.69, 9.17) is 9.47 Å². The Bertz CT molecular complexity index is 828. The first-order valence-electron chi connectivity index (χ1n) is 7.23. The highest BCUT2D eigenvalue weighted by molar-refractivity contribution is 6.12. The van der Waals surface area contributed by atoms with Crippen LogP contribution in [0, 0.1) is 0 Å². The van der Waals surface area contributed by atoms with Crippen molar-refractivity contribution in [3.8, 4) is 0 Å². The number of carbonyl (C=O) groups is 2. The maximum atomic E-state index is 12.3. The topological polar surface area (TPSA) is 52.6 Å². The fourth-order valence-electron chi connectivity index (χ4n) is 2.93. The third kappa shape index (κ3) is 2.52. The van der Waals surface area contributed by atoms with Crippen LogP contribution in [0.1, 0.15) is 11.5 Å². The fraction of sp³-hybridized carbons (Fsp3) is 0.158. The molecule has 0 radical (unpaired) electrons. The molecule has 0 amide bonds. The first kappa shape index (κ1) is 15.0. The van der Waals surface area contributed by atoms with Gasteiger partial charge in [0.15, 0.2) is 5.92 Å². The molecule has 0 heterocycles. The summed E-state index contributed by atoms with van der Waals surface area (Å²) < 4.78 is 9.70. The van der Waals surface area contributed by atoms with Crippen LogP contribution in [0.25, 0.3) is 21.5 Å². The van der Waals surface area contributed by atoms with Gasteiger partial charge in [-0.15, -0.1) is 0 Å². The zero-order valence-corrected chi connectivity index (χ0v) is 12.9. The minimum Gasteiger partial charge on any atom is -0.468 e. The summed E-state index contributed by atoms with van der Waals surface area (Å²) in [7, 11) is 2.54. The van der Waals surface area contributed by atoms with Crippen molar-refractivity contribution in [1.82, 2.24) is 0 Å². The molecule has 0 aliphatic rings. The average Bonchev–Trinajstić information content (AvgIpc) is 2.60. The lowest BCUT2D eigenvalue weighted by atomic mass is 9.88. The van der Waals surface area contributed by atoms with E-state index in [2.05, 4.69) is 0 Å². The molecule has 0 bridgehead atoms.